The minimum Gasteiger partial charge on any atom is -0.390 e. The summed E-state index contributed by atoms with van der Waals surface area (Å²) in [4.78, 5) is 0. The van der Waals surface area contributed by atoms with Crippen LogP contribution in [0.2, 0.25) is 0 Å². The normalized spacial score (nSPS) is 8.89. The number of hydrogen-bond donors (Lipinski definition) is 1. The number of thiophene rings is 1. The smallest absolute Gasteiger partial charge is 0.100 e. The number of nitrogen functional groups attached to an aromatic ring is 1. The molecule has 2 N–H and O–H groups in total. The van der Waals surface area contributed by atoms with E-state index in [9.17, 15) is 0 Å². The highest BCUT2D eigenvalue weighted by Gasteiger charge is 2.00. The van der Waals surface area contributed by atoms with Gasteiger partial charge in [-0.05, 0) is 6.92 Å². The third kappa shape index (κ3) is 0.889. The van der Waals surface area contributed by atoms with Gasteiger partial charge in [-0.15, -0.1) is 11.3 Å². The molecule has 3 heteroatoms. The van der Waals surface area contributed by atoms with Crippen molar-refractivity contribution in [3.8, 4) is 6.07 Å². The molecular formula is C6H6N2S. The van der Waals surface area contributed by atoms with E-state index in [2.05, 4.69) is 0 Å². The van der Waals surface area contributed by atoms with Crippen LogP contribution in [0.3, 0.4) is 0 Å². The fourth-order valence-electron chi connectivity index (χ4n) is 0.542. The molecule has 0 bridgehead atoms. The van der Waals surface area contributed by atoms with Gasteiger partial charge in [-0.1, -0.05) is 0 Å². The van der Waals surface area contributed by atoms with E-state index in [1.54, 1.807) is 5.38 Å². The molecule has 0 aliphatic rings. The fraction of sp³-hybridized carbons (Fsp3) is 0.167. The summed E-state index contributed by atoms with van der Waals surface area (Å²) in [5, 5.41) is 10.9. The Labute approximate surface area is 57.5 Å². The maximum Gasteiger partial charge on any atom is 0.100 e. The summed E-state index contributed by atoms with van der Waals surface area (Å²) in [5.74, 6) is 0. The second-order valence-electron chi connectivity index (χ2n) is 1.75. The summed E-state index contributed by atoms with van der Waals surface area (Å²) < 4.78 is 0. The van der Waals surface area contributed by atoms with Crippen molar-refractivity contribution in [2.75, 3.05) is 5.73 Å². The van der Waals surface area contributed by atoms with Gasteiger partial charge in [0.05, 0.1) is 10.6 Å². The maximum atomic E-state index is 8.43. The standard InChI is InChI=1S/C6H6N2S/c1-4-5(2-7)3-9-6(4)8/h3H,8H2,1H3. The minimum atomic E-state index is 0.692. The van der Waals surface area contributed by atoms with Gasteiger partial charge in [0.15, 0.2) is 0 Å². The molecule has 1 aromatic heterocycles. The first-order valence-electron chi connectivity index (χ1n) is 2.49. The molecule has 0 aliphatic heterocycles. The number of nitrogens with zero attached hydrogens (tertiary/aromatic N) is 1. The van der Waals surface area contributed by atoms with Gasteiger partial charge in [0.25, 0.3) is 0 Å². The van der Waals surface area contributed by atoms with Crippen LogP contribution < -0.4 is 5.73 Å². The topological polar surface area (TPSA) is 49.8 Å². The van der Waals surface area contributed by atoms with Gasteiger partial charge in [-0.3, -0.25) is 0 Å². The minimum absolute atomic E-state index is 0.692. The largest absolute Gasteiger partial charge is 0.390 e. The molecule has 0 atom stereocenters. The fourth-order valence-corrected chi connectivity index (χ4v) is 1.30. The SMILES string of the molecule is Cc1c(C#N)csc1N. The lowest BCUT2D eigenvalue weighted by molar-refractivity contribution is 1.45. The second-order valence-corrected chi connectivity index (χ2v) is 2.66. The third-order valence-corrected chi connectivity index (χ3v) is 2.11. The van der Waals surface area contributed by atoms with Crippen molar-refractivity contribution in [1.29, 1.82) is 5.26 Å². The lowest BCUT2D eigenvalue weighted by Gasteiger charge is -1.84. The Hall–Kier alpha value is -1.01. The van der Waals surface area contributed by atoms with Crippen LogP contribution in [0.25, 0.3) is 0 Å². The van der Waals surface area contributed by atoms with Crippen LogP contribution in [0, 0.1) is 18.3 Å². The van der Waals surface area contributed by atoms with Crippen molar-refractivity contribution >= 4 is 16.3 Å². The quantitative estimate of drug-likeness (QED) is 0.590. The van der Waals surface area contributed by atoms with Crippen molar-refractivity contribution in [2.45, 2.75) is 6.92 Å². The Morgan fingerprint density at radius 3 is 2.67 bits per heavy atom. The van der Waals surface area contributed by atoms with Crippen molar-refractivity contribution in [2.24, 2.45) is 0 Å². The molecule has 0 radical (unpaired) electrons. The number of nitriles is 1. The molecule has 0 aliphatic carbocycles. The Balaban J connectivity index is 3.24. The van der Waals surface area contributed by atoms with E-state index in [0.717, 1.165) is 10.6 Å². The molecule has 0 aromatic carbocycles. The summed E-state index contributed by atoms with van der Waals surface area (Å²) in [5.41, 5.74) is 7.08. The van der Waals surface area contributed by atoms with E-state index in [1.165, 1.54) is 11.3 Å². The van der Waals surface area contributed by atoms with E-state index in [-0.39, 0.29) is 0 Å². The molecule has 1 rings (SSSR count). The van der Waals surface area contributed by atoms with Crippen LogP contribution in [-0.2, 0) is 0 Å². The molecule has 46 valence electrons. The van der Waals surface area contributed by atoms with Gasteiger partial charge in [0.2, 0.25) is 0 Å². The Kier molecular flexibility index (Phi) is 1.41. The summed E-state index contributed by atoms with van der Waals surface area (Å²) in [7, 11) is 0. The molecule has 0 fully saturated rings. The highest BCUT2D eigenvalue weighted by atomic mass is 32.1. The zero-order valence-electron chi connectivity index (χ0n) is 5.01. The van der Waals surface area contributed by atoms with E-state index in [4.69, 9.17) is 11.0 Å². The predicted octanol–water partition coefficient (Wildman–Crippen LogP) is 1.51. The number of anilines is 1. The van der Waals surface area contributed by atoms with Gasteiger partial charge in [-0.25, -0.2) is 0 Å². The zero-order chi connectivity index (χ0) is 6.85. The first-order valence-corrected chi connectivity index (χ1v) is 3.37. The van der Waals surface area contributed by atoms with Crippen molar-refractivity contribution in [3.05, 3.63) is 16.5 Å². The highest BCUT2D eigenvalue weighted by Crippen LogP contribution is 2.22. The molecule has 0 saturated carbocycles. The summed E-state index contributed by atoms with van der Waals surface area (Å²) in [6.07, 6.45) is 0. The Bertz CT molecular complexity index is 257. The highest BCUT2D eigenvalue weighted by molar-refractivity contribution is 7.14. The molecule has 1 aromatic rings. The average molecular weight is 138 g/mol. The number of nitrogens with two attached hydrogens (primary N) is 1. The monoisotopic (exact) mass is 138 g/mol. The lowest BCUT2D eigenvalue weighted by Crippen LogP contribution is -1.82. The van der Waals surface area contributed by atoms with E-state index in [0.29, 0.717) is 5.56 Å². The van der Waals surface area contributed by atoms with Crippen molar-refractivity contribution in [3.63, 3.8) is 0 Å². The second kappa shape index (κ2) is 2.08. The van der Waals surface area contributed by atoms with Crippen LogP contribution in [0.15, 0.2) is 5.38 Å². The van der Waals surface area contributed by atoms with Gasteiger partial charge in [0, 0.05) is 10.9 Å². The summed E-state index contributed by atoms with van der Waals surface area (Å²) >= 11 is 1.41. The van der Waals surface area contributed by atoms with E-state index >= 15 is 0 Å². The lowest BCUT2D eigenvalue weighted by atomic mass is 10.2. The van der Waals surface area contributed by atoms with Crippen molar-refractivity contribution < 1.29 is 0 Å². The number of hydrogen-bond acceptors (Lipinski definition) is 3. The first kappa shape index (κ1) is 6.12. The Morgan fingerprint density at radius 1 is 1.78 bits per heavy atom. The predicted molar refractivity (Wildman–Crippen MR) is 38.2 cm³/mol. The Morgan fingerprint density at radius 2 is 2.44 bits per heavy atom. The molecular weight excluding hydrogens is 132 g/mol. The van der Waals surface area contributed by atoms with Crippen LogP contribution in [0.4, 0.5) is 5.00 Å². The van der Waals surface area contributed by atoms with Crippen LogP contribution in [0.1, 0.15) is 11.1 Å². The van der Waals surface area contributed by atoms with Crippen molar-refractivity contribution in [1.82, 2.24) is 0 Å². The molecule has 2 nitrogen and oxygen atoms in total. The molecule has 0 amide bonds. The molecule has 1 heterocycles. The van der Waals surface area contributed by atoms with Gasteiger partial charge in [0.1, 0.15) is 6.07 Å². The maximum absolute atomic E-state index is 8.43. The summed E-state index contributed by atoms with van der Waals surface area (Å²) in [6.45, 7) is 1.85. The molecule has 0 spiro atoms. The van der Waals surface area contributed by atoms with Crippen LogP contribution in [0.5, 0.6) is 0 Å². The van der Waals surface area contributed by atoms with Crippen LogP contribution >= 0.6 is 11.3 Å². The van der Waals surface area contributed by atoms with Gasteiger partial charge in [-0.2, -0.15) is 5.26 Å². The van der Waals surface area contributed by atoms with Gasteiger partial charge >= 0.3 is 0 Å². The average Bonchev–Trinajstić information content (AvgIpc) is 2.15. The molecule has 0 saturated heterocycles. The van der Waals surface area contributed by atoms with Crippen LogP contribution in [-0.4, -0.2) is 0 Å². The van der Waals surface area contributed by atoms with E-state index < -0.39 is 0 Å². The first-order chi connectivity index (χ1) is 4.25. The van der Waals surface area contributed by atoms with E-state index in [1.807, 2.05) is 13.0 Å². The number of rotatable bonds is 0. The third-order valence-electron chi connectivity index (χ3n) is 1.20. The van der Waals surface area contributed by atoms with Gasteiger partial charge < -0.3 is 5.73 Å². The zero-order valence-corrected chi connectivity index (χ0v) is 5.83. The summed E-state index contributed by atoms with van der Waals surface area (Å²) in [6, 6.07) is 2.05. The molecule has 9 heavy (non-hydrogen) atoms. The molecule has 0 unspecified atom stereocenters.